The number of benzene rings is 2. The van der Waals surface area contributed by atoms with E-state index in [9.17, 15) is 23.6 Å². The Morgan fingerprint density at radius 1 is 1.08 bits per heavy atom. The van der Waals surface area contributed by atoms with Crippen molar-refractivity contribution in [1.82, 2.24) is 9.55 Å². The predicted octanol–water partition coefficient (Wildman–Crippen LogP) is 1.46. The van der Waals surface area contributed by atoms with E-state index in [1.807, 2.05) is 6.07 Å². The van der Waals surface area contributed by atoms with Crippen LogP contribution in [-0.2, 0) is 32.0 Å². The van der Waals surface area contributed by atoms with Gasteiger partial charge in [-0.25, -0.2) is 9.18 Å². The monoisotopic (exact) mass is 498 g/mol. The summed E-state index contributed by atoms with van der Waals surface area (Å²) in [5, 5.41) is 0. The van der Waals surface area contributed by atoms with Crippen molar-refractivity contribution in [3.63, 3.8) is 0 Å². The molecule has 0 aliphatic rings. The van der Waals surface area contributed by atoms with E-state index in [0.29, 0.717) is 6.42 Å². The molecule has 0 saturated heterocycles. The zero-order valence-electron chi connectivity index (χ0n) is 19.7. The summed E-state index contributed by atoms with van der Waals surface area (Å²) in [5.41, 5.74) is 5.27. The molecule has 0 spiro atoms. The average Bonchev–Trinajstić information content (AvgIpc) is 2.86. The molecule has 0 fully saturated rings. The highest BCUT2D eigenvalue weighted by Crippen LogP contribution is 2.19. The van der Waals surface area contributed by atoms with Crippen LogP contribution in [0.1, 0.15) is 17.5 Å². The number of carbonyl (C=O) groups is 2. The van der Waals surface area contributed by atoms with Crippen LogP contribution in [0, 0.1) is 5.82 Å². The molecular weight excluding hydrogens is 471 g/mol. The lowest BCUT2D eigenvalue weighted by Crippen LogP contribution is -2.43. The molecule has 11 heteroatoms. The Labute approximate surface area is 206 Å². The number of aromatic nitrogens is 2. The standard InChI is InChI=1S/C25H27FN4O6/c1-35-13-7-12-29(20(31)16-36-21(32)14-18-10-5-6-11-19(18)26)22-23(27)30(25(34)28-24(22)33)15-17-8-3-2-4-9-17/h2-6,8-11H,7,12-16,27H2,1H3,(H,28,33,34). The highest BCUT2D eigenvalue weighted by molar-refractivity contribution is 5.97. The molecule has 3 aromatic rings. The first-order chi connectivity index (χ1) is 17.3. The van der Waals surface area contributed by atoms with Gasteiger partial charge in [0.2, 0.25) is 0 Å². The van der Waals surface area contributed by atoms with E-state index in [2.05, 4.69) is 4.98 Å². The molecule has 0 radical (unpaired) electrons. The summed E-state index contributed by atoms with van der Waals surface area (Å²) in [6.07, 6.45) is -0.0313. The number of halogens is 1. The number of rotatable bonds is 11. The Balaban J connectivity index is 1.84. The minimum Gasteiger partial charge on any atom is -0.455 e. The molecule has 0 saturated carbocycles. The highest BCUT2D eigenvalue weighted by Gasteiger charge is 2.25. The molecule has 3 rings (SSSR count). The number of nitrogens with one attached hydrogen (secondary N) is 1. The maximum Gasteiger partial charge on any atom is 0.330 e. The van der Waals surface area contributed by atoms with Crippen molar-refractivity contribution in [3.05, 3.63) is 92.4 Å². The lowest BCUT2D eigenvalue weighted by atomic mass is 10.1. The second kappa shape index (κ2) is 12.5. The molecule has 1 heterocycles. The fourth-order valence-electron chi connectivity index (χ4n) is 3.56. The number of esters is 1. The van der Waals surface area contributed by atoms with Gasteiger partial charge in [0, 0.05) is 20.3 Å². The SMILES string of the molecule is COCCCN(C(=O)COC(=O)Cc1ccccc1F)c1c(N)n(Cc2ccccc2)c(=O)[nH]c1=O. The molecule has 0 aliphatic carbocycles. The number of nitrogen functional groups attached to an aromatic ring is 1. The molecule has 0 bridgehead atoms. The van der Waals surface area contributed by atoms with Gasteiger partial charge >= 0.3 is 11.7 Å². The molecule has 0 aliphatic heterocycles. The number of amides is 1. The third kappa shape index (κ3) is 6.66. The Kier molecular flexibility index (Phi) is 9.12. The summed E-state index contributed by atoms with van der Waals surface area (Å²) in [6.45, 7) is -0.364. The fraction of sp³-hybridized carbons (Fsp3) is 0.280. The summed E-state index contributed by atoms with van der Waals surface area (Å²) < 4.78 is 25.0. The van der Waals surface area contributed by atoms with Crippen molar-refractivity contribution in [2.45, 2.75) is 19.4 Å². The van der Waals surface area contributed by atoms with Crippen LogP contribution in [0.15, 0.2) is 64.2 Å². The van der Waals surface area contributed by atoms with Crippen molar-refractivity contribution >= 4 is 23.4 Å². The van der Waals surface area contributed by atoms with E-state index in [4.69, 9.17) is 15.2 Å². The van der Waals surface area contributed by atoms with Gasteiger partial charge in [0.1, 0.15) is 11.6 Å². The number of methoxy groups -OCH3 is 1. The Morgan fingerprint density at radius 2 is 1.78 bits per heavy atom. The van der Waals surface area contributed by atoms with Crippen LogP contribution < -0.4 is 21.9 Å². The molecule has 1 amide bonds. The van der Waals surface area contributed by atoms with Crippen molar-refractivity contribution < 1.29 is 23.5 Å². The second-order valence-electron chi connectivity index (χ2n) is 7.89. The van der Waals surface area contributed by atoms with Crippen LogP contribution in [0.3, 0.4) is 0 Å². The molecule has 1 aromatic heterocycles. The van der Waals surface area contributed by atoms with E-state index in [1.165, 1.54) is 25.3 Å². The van der Waals surface area contributed by atoms with Crippen LogP contribution in [-0.4, -0.2) is 48.3 Å². The molecule has 10 nitrogen and oxygen atoms in total. The second-order valence-corrected chi connectivity index (χ2v) is 7.89. The molecular formula is C25H27FN4O6. The maximum atomic E-state index is 13.8. The number of nitrogens with two attached hydrogens (primary N) is 1. The molecule has 36 heavy (non-hydrogen) atoms. The number of nitrogens with zero attached hydrogens (tertiary/aromatic N) is 2. The van der Waals surface area contributed by atoms with Crippen molar-refractivity contribution in [3.8, 4) is 0 Å². The number of hydrogen-bond donors (Lipinski definition) is 2. The smallest absolute Gasteiger partial charge is 0.330 e. The van der Waals surface area contributed by atoms with Gasteiger partial charge in [-0.05, 0) is 23.6 Å². The zero-order chi connectivity index (χ0) is 26.1. The summed E-state index contributed by atoms with van der Waals surface area (Å²) in [6, 6.07) is 14.7. The van der Waals surface area contributed by atoms with Crippen LogP contribution in [0.5, 0.6) is 0 Å². The van der Waals surface area contributed by atoms with Crippen molar-refractivity contribution in [2.75, 3.05) is 37.5 Å². The van der Waals surface area contributed by atoms with E-state index < -0.39 is 35.5 Å². The number of hydrogen-bond acceptors (Lipinski definition) is 7. The first-order valence-electron chi connectivity index (χ1n) is 11.2. The lowest BCUT2D eigenvalue weighted by molar-refractivity contribution is -0.147. The van der Waals surface area contributed by atoms with Crippen LogP contribution in [0.2, 0.25) is 0 Å². The molecule has 2 aromatic carbocycles. The summed E-state index contributed by atoms with van der Waals surface area (Å²) in [4.78, 5) is 53.7. The molecule has 0 unspecified atom stereocenters. The van der Waals surface area contributed by atoms with Crippen LogP contribution >= 0.6 is 0 Å². The first kappa shape index (κ1) is 26.4. The van der Waals surface area contributed by atoms with Crippen LogP contribution in [0.25, 0.3) is 0 Å². The normalized spacial score (nSPS) is 10.7. The first-order valence-corrected chi connectivity index (χ1v) is 11.2. The summed E-state index contributed by atoms with van der Waals surface area (Å²) in [5.74, 6) is -2.34. The summed E-state index contributed by atoms with van der Waals surface area (Å²) in [7, 11) is 1.48. The van der Waals surface area contributed by atoms with Gasteiger partial charge in [-0.2, -0.15) is 0 Å². The van der Waals surface area contributed by atoms with E-state index >= 15 is 0 Å². The summed E-state index contributed by atoms with van der Waals surface area (Å²) >= 11 is 0. The number of aromatic amines is 1. The quantitative estimate of drug-likeness (QED) is 0.302. The van der Waals surface area contributed by atoms with Gasteiger partial charge in [0.25, 0.3) is 11.5 Å². The lowest BCUT2D eigenvalue weighted by Gasteiger charge is -2.24. The molecule has 3 N–H and O–H groups in total. The number of H-pyrrole nitrogens is 1. The fourth-order valence-corrected chi connectivity index (χ4v) is 3.56. The van der Waals surface area contributed by atoms with Gasteiger partial charge in [0.05, 0.1) is 13.0 Å². The Morgan fingerprint density at radius 3 is 2.47 bits per heavy atom. The number of anilines is 2. The number of ether oxygens (including phenoxy) is 2. The van der Waals surface area contributed by atoms with Gasteiger partial charge in [0.15, 0.2) is 12.3 Å². The Hall–Kier alpha value is -4.25. The van der Waals surface area contributed by atoms with Crippen molar-refractivity contribution in [2.24, 2.45) is 0 Å². The third-order valence-electron chi connectivity index (χ3n) is 5.35. The molecule has 190 valence electrons. The number of carbonyl (C=O) groups excluding carboxylic acids is 2. The van der Waals surface area contributed by atoms with Gasteiger partial charge < -0.3 is 20.1 Å². The van der Waals surface area contributed by atoms with E-state index in [0.717, 1.165) is 15.0 Å². The van der Waals surface area contributed by atoms with Crippen LogP contribution in [0.4, 0.5) is 15.9 Å². The minimum atomic E-state index is -0.856. The van der Waals surface area contributed by atoms with Gasteiger partial charge in [-0.1, -0.05) is 48.5 Å². The topological polar surface area (TPSA) is 137 Å². The molecule has 0 atom stereocenters. The van der Waals surface area contributed by atoms with Crippen molar-refractivity contribution in [1.29, 1.82) is 0 Å². The average molecular weight is 499 g/mol. The zero-order valence-corrected chi connectivity index (χ0v) is 19.7. The highest BCUT2D eigenvalue weighted by atomic mass is 19.1. The largest absolute Gasteiger partial charge is 0.455 e. The van der Waals surface area contributed by atoms with Gasteiger partial charge in [-0.15, -0.1) is 0 Å². The maximum absolute atomic E-state index is 13.8. The Bertz CT molecular complexity index is 1320. The van der Waals surface area contributed by atoms with E-state index in [-0.39, 0.29) is 43.2 Å². The predicted molar refractivity (Wildman–Crippen MR) is 131 cm³/mol. The minimum absolute atomic E-state index is 0.00829. The van der Waals surface area contributed by atoms with Gasteiger partial charge in [-0.3, -0.25) is 23.9 Å². The third-order valence-corrected chi connectivity index (χ3v) is 5.35. The van der Waals surface area contributed by atoms with E-state index in [1.54, 1.807) is 30.3 Å².